The van der Waals surface area contributed by atoms with E-state index in [1.54, 1.807) is 0 Å². The van der Waals surface area contributed by atoms with E-state index in [-0.39, 0.29) is 0 Å². The average molecular weight is 284 g/mol. The second-order valence-electron chi connectivity index (χ2n) is 5.11. The molecule has 2 aromatic heterocycles. The normalized spacial score (nSPS) is 10.6. The van der Waals surface area contributed by atoms with E-state index < -0.39 is 0 Å². The van der Waals surface area contributed by atoms with Crippen LogP contribution in [-0.2, 0) is 19.5 Å². The van der Waals surface area contributed by atoms with Gasteiger partial charge < -0.3 is 10.6 Å². The van der Waals surface area contributed by atoms with Crippen LogP contribution in [0.5, 0.6) is 0 Å². The van der Waals surface area contributed by atoms with Gasteiger partial charge in [-0.25, -0.2) is 4.98 Å². The fraction of sp³-hybridized carbons (Fsp3) is 0.412. The number of pyridine rings is 2. The lowest BCUT2D eigenvalue weighted by atomic mass is 10.1. The fourth-order valence-corrected chi connectivity index (χ4v) is 2.34. The van der Waals surface area contributed by atoms with Gasteiger partial charge in [-0.3, -0.25) is 4.98 Å². The second kappa shape index (κ2) is 7.74. The zero-order chi connectivity index (χ0) is 15.1. The van der Waals surface area contributed by atoms with Crippen LogP contribution in [0.2, 0.25) is 0 Å². The van der Waals surface area contributed by atoms with Crippen molar-refractivity contribution in [1.29, 1.82) is 0 Å². The maximum absolute atomic E-state index is 5.82. The molecule has 0 aliphatic heterocycles. The quantitative estimate of drug-likeness (QED) is 0.849. The third-order valence-electron chi connectivity index (χ3n) is 3.45. The van der Waals surface area contributed by atoms with Gasteiger partial charge in [0.15, 0.2) is 0 Å². The summed E-state index contributed by atoms with van der Waals surface area (Å²) in [6.07, 6.45) is 3.91. The molecule has 2 N–H and O–H groups in total. The zero-order valence-corrected chi connectivity index (χ0v) is 12.9. The lowest BCUT2D eigenvalue weighted by Crippen LogP contribution is -2.24. The predicted molar refractivity (Wildman–Crippen MR) is 87.1 cm³/mol. The first-order valence-corrected chi connectivity index (χ1v) is 7.61. The molecule has 0 saturated heterocycles. The van der Waals surface area contributed by atoms with Crippen LogP contribution in [0.25, 0.3) is 0 Å². The molecule has 0 saturated carbocycles. The summed E-state index contributed by atoms with van der Waals surface area (Å²) in [4.78, 5) is 11.4. The summed E-state index contributed by atoms with van der Waals surface area (Å²) in [7, 11) is 0. The van der Waals surface area contributed by atoms with Crippen molar-refractivity contribution in [2.75, 3.05) is 11.4 Å². The van der Waals surface area contributed by atoms with E-state index in [2.05, 4.69) is 35.9 Å². The summed E-state index contributed by atoms with van der Waals surface area (Å²) >= 11 is 0. The first-order chi connectivity index (χ1) is 10.3. The molecule has 0 unspecified atom stereocenters. The van der Waals surface area contributed by atoms with Crippen molar-refractivity contribution in [3.05, 3.63) is 53.5 Å². The Balaban J connectivity index is 2.26. The van der Waals surface area contributed by atoms with Crippen molar-refractivity contribution >= 4 is 5.82 Å². The highest BCUT2D eigenvalue weighted by atomic mass is 15.2. The molecule has 0 fully saturated rings. The van der Waals surface area contributed by atoms with Crippen molar-refractivity contribution in [1.82, 2.24) is 9.97 Å². The third kappa shape index (κ3) is 4.26. The van der Waals surface area contributed by atoms with E-state index in [1.165, 1.54) is 0 Å². The molecule has 2 heterocycles. The van der Waals surface area contributed by atoms with Gasteiger partial charge in [0.25, 0.3) is 0 Å². The van der Waals surface area contributed by atoms with Gasteiger partial charge in [0.2, 0.25) is 0 Å². The number of aromatic nitrogens is 2. The molecule has 112 valence electrons. The standard InChI is InChI=1S/C17H24N4/c1-3-7-15-10-14(12-18)11-17(20-15)21(4-2)13-16-8-5-6-9-19-16/h5-6,8-11H,3-4,7,12-13,18H2,1-2H3. The maximum atomic E-state index is 5.82. The third-order valence-corrected chi connectivity index (χ3v) is 3.45. The molecule has 0 spiro atoms. The van der Waals surface area contributed by atoms with E-state index in [0.717, 1.165) is 48.7 Å². The van der Waals surface area contributed by atoms with Gasteiger partial charge in [-0.1, -0.05) is 19.4 Å². The van der Waals surface area contributed by atoms with Crippen molar-refractivity contribution in [3.63, 3.8) is 0 Å². The summed E-state index contributed by atoms with van der Waals surface area (Å²) in [5.74, 6) is 0.995. The van der Waals surface area contributed by atoms with Gasteiger partial charge in [0.05, 0.1) is 12.2 Å². The highest BCUT2D eigenvalue weighted by molar-refractivity contribution is 5.43. The zero-order valence-electron chi connectivity index (χ0n) is 12.9. The van der Waals surface area contributed by atoms with Crippen molar-refractivity contribution in [3.8, 4) is 0 Å². The van der Waals surface area contributed by atoms with Crippen LogP contribution in [0.3, 0.4) is 0 Å². The van der Waals surface area contributed by atoms with Crippen LogP contribution < -0.4 is 10.6 Å². The van der Waals surface area contributed by atoms with Crippen molar-refractivity contribution in [2.24, 2.45) is 5.73 Å². The molecular weight excluding hydrogens is 260 g/mol. The number of rotatable bonds is 7. The molecular formula is C17H24N4. The molecule has 2 aromatic rings. The van der Waals surface area contributed by atoms with Crippen LogP contribution in [0.1, 0.15) is 37.2 Å². The summed E-state index contributed by atoms with van der Waals surface area (Å²) in [5, 5.41) is 0. The Labute approximate surface area is 127 Å². The largest absolute Gasteiger partial charge is 0.351 e. The Morgan fingerprint density at radius 2 is 2.00 bits per heavy atom. The lowest BCUT2D eigenvalue weighted by molar-refractivity contribution is 0.779. The van der Waals surface area contributed by atoms with Crippen LogP contribution in [0, 0.1) is 0 Å². The number of hydrogen-bond donors (Lipinski definition) is 1. The van der Waals surface area contributed by atoms with Crippen LogP contribution >= 0.6 is 0 Å². The molecule has 21 heavy (non-hydrogen) atoms. The minimum absolute atomic E-state index is 0.549. The second-order valence-corrected chi connectivity index (χ2v) is 5.11. The van der Waals surface area contributed by atoms with E-state index in [1.807, 2.05) is 24.4 Å². The van der Waals surface area contributed by atoms with Crippen LogP contribution in [0.4, 0.5) is 5.82 Å². The molecule has 0 aromatic carbocycles. The molecule has 0 atom stereocenters. The minimum Gasteiger partial charge on any atom is -0.351 e. The highest BCUT2D eigenvalue weighted by Crippen LogP contribution is 2.18. The topological polar surface area (TPSA) is 55.0 Å². The Morgan fingerprint density at radius 3 is 2.62 bits per heavy atom. The molecule has 0 radical (unpaired) electrons. The fourth-order valence-electron chi connectivity index (χ4n) is 2.34. The molecule has 0 bridgehead atoms. The van der Waals surface area contributed by atoms with Crippen molar-refractivity contribution < 1.29 is 0 Å². The molecule has 2 rings (SSSR count). The number of hydrogen-bond acceptors (Lipinski definition) is 4. The summed E-state index contributed by atoms with van der Waals surface area (Å²) < 4.78 is 0. The van der Waals surface area contributed by atoms with E-state index >= 15 is 0 Å². The smallest absolute Gasteiger partial charge is 0.129 e. The van der Waals surface area contributed by atoms with Crippen LogP contribution in [0.15, 0.2) is 36.5 Å². The lowest BCUT2D eigenvalue weighted by Gasteiger charge is -2.23. The average Bonchev–Trinajstić information content (AvgIpc) is 2.53. The number of aryl methyl sites for hydroxylation is 1. The van der Waals surface area contributed by atoms with Gasteiger partial charge in [-0.05, 0) is 43.2 Å². The molecule has 0 amide bonds. The van der Waals surface area contributed by atoms with E-state index in [9.17, 15) is 0 Å². The predicted octanol–water partition coefficient (Wildman–Crippen LogP) is 2.91. The van der Waals surface area contributed by atoms with E-state index in [4.69, 9.17) is 10.7 Å². The van der Waals surface area contributed by atoms with Gasteiger partial charge in [0, 0.05) is 25.0 Å². The van der Waals surface area contributed by atoms with Gasteiger partial charge >= 0.3 is 0 Å². The number of anilines is 1. The van der Waals surface area contributed by atoms with E-state index in [0.29, 0.717) is 6.54 Å². The number of nitrogens with zero attached hydrogens (tertiary/aromatic N) is 3. The number of nitrogens with two attached hydrogens (primary N) is 1. The first-order valence-electron chi connectivity index (χ1n) is 7.61. The molecule has 0 aliphatic carbocycles. The summed E-state index contributed by atoms with van der Waals surface area (Å²) in [6, 6.07) is 10.2. The van der Waals surface area contributed by atoms with Gasteiger partial charge in [-0.2, -0.15) is 0 Å². The van der Waals surface area contributed by atoms with Crippen LogP contribution in [-0.4, -0.2) is 16.5 Å². The Kier molecular flexibility index (Phi) is 5.69. The highest BCUT2D eigenvalue weighted by Gasteiger charge is 2.10. The Hall–Kier alpha value is -1.94. The van der Waals surface area contributed by atoms with Gasteiger partial charge in [-0.15, -0.1) is 0 Å². The first kappa shape index (κ1) is 15.4. The summed E-state index contributed by atoms with van der Waals surface area (Å²) in [6.45, 7) is 6.52. The van der Waals surface area contributed by atoms with Crippen molar-refractivity contribution in [2.45, 2.75) is 39.8 Å². The van der Waals surface area contributed by atoms with Gasteiger partial charge in [0.1, 0.15) is 5.82 Å². The minimum atomic E-state index is 0.549. The maximum Gasteiger partial charge on any atom is 0.129 e. The molecule has 4 nitrogen and oxygen atoms in total. The Bertz CT molecular complexity index is 554. The summed E-state index contributed by atoms with van der Waals surface area (Å²) in [5.41, 5.74) is 9.13. The molecule has 0 aliphatic rings. The SMILES string of the molecule is CCCc1cc(CN)cc(N(CC)Cc2ccccn2)n1. The molecule has 4 heteroatoms. The Morgan fingerprint density at radius 1 is 1.14 bits per heavy atom. The monoisotopic (exact) mass is 284 g/mol.